The molecule has 1 aromatic carbocycles. The Balaban J connectivity index is 1.60. The summed E-state index contributed by atoms with van der Waals surface area (Å²) in [5, 5.41) is 3.05. The number of hydrogen-bond donors (Lipinski definition) is 2. The van der Waals surface area contributed by atoms with E-state index < -0.39 is 5.54 Å². The Morgan fingerprint density at radius 2 is 2.09 bits per heavy atom. The summed E-state index contributed by atoms with van der Waals surface area (Å²) < 4.78 is 6.92. The number of nitrogens with two attached hydrogens (primary N) is 1. The van der Waals surface area contributed by atoms with Gasteiger partial charge in [0, 0.05) is 29.0 Å². The van der Waals surface area contributed by atoms with Crippen molar-refractivity contribution in [3.63, 3.8) is 0 Å². The molecule has 0 spiro atoms. The van der Waals surface area contributed by atoms with E-state index >= 15 is 0 Å². The fourth-order valence-corrected chi connectivity index (χ4v) is 4.42. The normalized spacial score (nSPS) is 31.8. The number of hydrogen-bond acceptors (Lipinski definition) is 3. The number of rotatable bonds is 4. The van der Waals surface area contributed by atoms with Gasteiger partial charge >= 0.3 is 0 Å². The molecule has 1 aliphatic carbocycles. The molecule has 4 nitrogen and oxygen atoms in total. The summed E-state index contributed by atoms with van der Waals surface area (Å²) in [7, 11) is 0. The van der Waals surface area contributed by atoms with Crippen molar-refractivity contribution < 1.29 is 9.53 Å². The molecule has 1 amide bonds. The van der Waals surface area contributed by atoms with Crippen LogP contribution in [0, 0.1) is 11.3 Å². The van der Waals surface area contributed by atoms with Crippen LogP contribution in [0.5, 0.6) is 0 Å². The molecule has 1 aliphatic heterocycles. The van der Waals surface area contributed by atoms with Crippen LogP contribution in [0.2, 0.25) is 0 Å². The molecule has 0 aromatic heterocycles. The summed E-state index contributed by atoms with van der Waals surface area (Å²) in [6, 6.07) is 8.15. The van der Waals surface area contributed by atoms with Gasteiger partial charge in [-0.1, -0.05) is 41.9 Å². The molecule has 1 saturated heterocycles. The van der Waals surface area contributed by atoms with Gasteiger partial charge in [-0.2, -0.15) is 0 Å². The molecule has 1 heterocycles. The third kappa shape index (κ3) is 2.73. The molecular weight excluding hydrogens is 356 g/mol. The summed E-state index contributed by atoms with van der Waals surface area (Å²) >= 11 is 3.43. The maximum atomic E-state index is 12.8. The van der Waals surface area contributed by atoms with Crippen LogP contribution in [0.25, 0.3) is 0 Å². The molecule has 3 N–H and O–H groups in total. The first-order valence-corrected chi connectivity index (χ1v) is 9.10. The maximum absolute atomic E-state index is 12.8. The smallest absolute Gasteiger partial charge is 0.241 e. The van der Waals surface area contributed by atoms with Crippen LogP contribution >= 0.6 is 15.9 Å². The van der Waals surface area contributed by atoms with Gasteiger partial charge in [-0.05, 0) is 37.0 Å². The van der Waals surface area contributed by atoms with E-state index in [9.17, 15) is 4.79 Å². The lowest BCUT2D eigenvalue weighted by Gasteiger charge is -2.65. The van der Waals surface area contributed by atoms with E-state index in [-0.39, 0.29) is 23.3 Å². The molecule has 3 unspecified atom stereocenters. The zero-order valence-electron chi connectivity index (χ0n) is 13.8. The van der Waals surface area contributed by atoms with Gasteiger partial charge in [0.25, 0.3) is 0 Å². The van der Waals surface area contributed by atoms with Crippen molar-refractivity contribution in [3.05, 3.63) is 34.3 Å². The van der Waals surface area contributed by atoms with E-state index in [0.29, 0.717) is 6.54 Å². The minimum Gasteiger partial charge on any atom is -0.377 e. The zero-order valence-corrected chi connectivity index (χ0v) is 15.4. The van der Waals surface area contributed by atoms with Crippen molar-refractivity contribution in [1.82, 2.24) is 5.32 Å². The van der Waals surface area contributed by atoms with E-state index in [1.165, 1.54) is 5.56 Å². The number of benzene rings is 1. The van der Waals surface area contributed by atoms with Gasteiger partial charge in [0.05, 0.1) is 6.10 Å². The second kappa shape index (κ2) is 6.19. The molecule has 3 rings (SSSR count). The van der Waals surface area contributed by atoms with Gasteiger partial charge in [-0.25, -0.2) is 0 Å². The molecule has 0 radical (unpaired) electrons. The highest BCUT2D eigenvalue weighted by molar-refractivity contribution is 9.10. The van der Waals surface area contributed by atoms with Crippen molar-refractivity contribution in [2.75, 3.05) is 13.2 Å². The van der Waals surface area contributed by atoms with E-state index in [1.54, 1.807) is 0 Å². The molecule has 1 aromatic rings. The van der Waals surface area contributed by atoms with Crippen LogP contribution in [0.3, 0.4) is 0 Å². The summed E-state index contributed by atoms with van der Waals surface area (Å²) in [6.45, 7) is 5.49. The Morgan fingerprint density at radius 1 is 1.39 bits per heavy atom. The number of fused-ring (bicyclic) bond motifs is 1. The lowest BCUT2D eigenvalue weighted by atomic mass is 9.46. The quantitative estimate of drug-likeness (QED) is 0.843. The van der Waals surface area contributed by atoms with Crippen molar-refractivity contribution in [1.29, 1.82) is 0 Å². The largest absolute Gasteiger partial charge is 0.377 e. The number of ether oxygens (including phenoxy) is 1. The molecule has 1 saturated carbocycles. The molecule has 0 bridgehead atoms. The van der Waals surface area contributed by atoms with Gasteiger partial charge < -0.3 is 15.8 Å². The minimum atomic E-state index is -0.822. The average Bonchev–Trinajstić information content (AvgIpc) is 2.55. The molecule has 3 atom stereocenters. The lowest BCUT2D eigenvalue weighted by Crippen LogP contribution is -2.82. The fourth-order valence-electron chi connectivity index (χ4n) is 4.15. The Labute approximate surface area is 146 Å². The average molecular weight is 381 g/mol. The Morgan fingerprint density at radius 3 is 2.78 bits per heavy atom. The van der Waals surface area contributed by atoms with Gasteiger partial charge in [-0.15, -0.1) is 0 Å². The van der Waals surface area contributed by atoms with Gasteiger partial charge in [0.1, 0.15) is 5.54 Å². The zero-order chi connectivity index (χ0) is 16.7. The van der Waals surface area contributed by atoms with Crippen LogP contribution < -0.4 is 11.1 Å². The van der Waals surface area contributed by atoms with Crippen molar-refractivity contribution in [3.8, 4) is 0 Å². The van der Waals surface area contributed by atoms with Crippen LogP contribution in [-0.2, 0) is 16.0 Å². The number of amides is 1. The Hall–Kier alpha value is -0.910. The highest BCUT2D eigenvalue weighted by Crippen LogP contribution is 2.57. The molecule has 2 aliphatic rings. The predicted molar refractivity (Wildman–Crippen MR) is 94.0 cm³/mol. The molecule has 23 heavy (non-hydrogen) atoms. The minimum absolute atomic E-state index is 0.0358. The first-order chi connectivity index (χ1) is 10.9. The lowest BCUT2D eigenvalue weighted by molar-refractivity contribution is -0.225. The van der Waals surface area contributed by atoms with Crippen LogP contribution in [0.15, 0.2) is 28.7 Å². The van der Waals surface area contributed by atoms with Crippen LogP contribution in [0.1, 0.15) is 32.3 Å². The first-order valence-electron chi connectivity index (χ1n) is 8.30. The molecule has 126 valence electrons. The number of carbonyl (C=O) groups is 1. The van der Waals surface area contributed by atoms with Crippen LogP contribution in [-0.4, -0.2) is 30.7 Å². The second-order valence-electron chi connectivity index (χ2n) is 7.26. The van der Waals surface area contributed by atoms with Gasteiger partial charge in [-0.3, -0.25) is 4.79 Å². The van der Waals surface area contributed by atoms with E-state index in [0.717, 1.165) is 30.3 Å². The second-order valence-corrected chi connectivity index (χ2v) is 8.18. The fraction of sp³-hybridized carbons (Fsp3) is 0.611. The monoisotopic (exact) mass is 380 g/mol. The third-order valence-corrected chi connectivity index (χ3v) is 6.20. The number of halogens is 1. The standard InChI is InChI=1S/C18H25BrN2O2/c1-17(2)15-14(4-3-11-23-15)18(17,20)16(22)21-10-9-12-5-7-13(19)8-6-12/h5-8,14-15H,3-4,9-11,20H2,1-2H3,(H,21,22). The molecule has 5 heteroatoms. The van der Waals surface area contributed by atoms with Crippen molar-refractivity contribution >= 4 is 21.8 Å². The molecular formula is C18H25BrN2O2. The van der Waals surface area contributed by atoms with E-state index in [2.05, 4.69) is 33.4 Å². The number of nitrogens with one attached hydrogen (secondary N) is 1. The predicted octanol–water partition coefficient (Wildman–Crippen LogP) is 2.64. The summed E-state index contributed by atoms with van der Waals surface area (Å²) in [6.07, 6.45) is 2.88. The van der Waals surface area contributed by atoms with Crippen molar-refractivity contribution in [2.45, 2.75) is 44.8 Å². The van der Waals surface area contributed by atoms with Gasteiger partial charge in [0.15, 0.2) is 0 Å². The van der Waals surface area contributed by atoms with Gasteiger partial charge in [0.2, 0.25) is 5.91 Å². The number of carbonyl (C=O) groups excluding carboxylic acids is 1. The highest BCUT2D eigenvalue weighted by atomic mass is 79.9. The summed E-state index contributed by atoms with van der Waals surface area (Å²) in [5.74, 6) is 0.102. The Kier molecular flexibility index (Phi) is 4.55. The SMILES string of the molecule is CC1(C)C2OCCCC2C1(N)C(=O)NCCc1ccc(Br)cc1. The summed E-state index contributed by atoms with van der Waals surface area (Å²) in [4.78, 5) is 12.8. The summed E-state index contributed by atoms with van der Waals surface area (Å²) in [5.41, 5.74) is 6.64. The maximum Gasteiger partial charge on any atom is 0.241 e. The van der Waals surface area contributed by atoms with E-state index in [1.807, 2.05) is 26.0 Å². The van der Waals surface area contributed by atoms with E-state index in [4.69, 9.17) is 10.5 Å². The third-order valence-electron chi connectivity index (χ3n) is 5.67. The molecule has 2 fully saturated rings. The van der Waals surface area contributed by atoms with Crippen molar-refractivity contribution in [2.24, 2.45) is 17.1 Å². The topological polar surface area (TPSA) is 64.3 Å². The Bertz CT molecular complexity index is 587. The first kappa shape index (κ1) is 16.9. The highest BCUT2D eigenvalue weighted by Gasteiger charge is 2.70. The van der Waals surface area contributed by atoms with Crippen LogP contribution in [0.4, 0.5) is 0 Å².